The van der Waals surface area contributed by atoms with Crippen LogP contribution in [0.1, 0.15) is 46.1 Å². The van der Waals surface area contributed by atoms with Gasteiger partial charge in [0.15, 0.2) is 0 Å². The number of imidazole rings is 1. The largest absolute Gasteiger partial charge is 0.416 e. The quantitative estimate of drug-likeness (QED) is 0.485. The number of ether oxygens (including phenoxy) is 1. The van der Waals surface area contributed by atoms with E-state index in [1.54, 1.807) is 49.1 Å². The van der Waals surface area contributed by atoms with Crippen LogP contribution in [0.5, 0.6) is 0 Å². The summed E-state index contributed by atoms with van der Waals surface area (Å²) >= 11 is 0. The smallest absolute Gasteiger partial charge is 0.382 e. The molecule has 0 bridgehead atoms. The number of likely N-dealkylation sites (N-methyl/N-ethyl adjacent to an activating group) is 1. The van der Waals surface area contributed by atoms with Crippen LogP contribution >= 0.6 is 0 Å². The molecule has 0 spiro atoms. The molecule has 170 valence electrons. The van der Waals surface area contributed by atoms with Crippen LogP contribution in [0.15, 0.2) is 48.9 Å². The number of alkyl halides is 3. The van der Waals surface area contributed by atoms with E-state index in [-0.39, 0.29) is 12.5 Å². The summed E-state index contributed by atoms with van der Waals surface area (Å²) in [6, 6.07) is 8.12. The number of benzene rings is 2. The van der Waals surface area contributed by atoms with Gasteiger partial charge in [-0.25, -0.2) is 9.97 Å². The molecule has 0 saturated carbocycles. The summed E-state index contributed by atoms with van der Waals surface area (Å²) in [4.78, 5) is 23.3. The highest BCUT2D eigenvalue weighted by Gasteiger charge is 2.35. The van der Waals surface area contributed by atoms with Crippen LogP contribution in [-0.4, -0.2) is 38.8 Å². The highest BCUT2D eigenvalue weighted by molar-refractivity contribution is 5.98. The maximum atomic E-state index is 13.4. The Morgan fingerprint density at radius 1 is 1.18 bits per heavy atom. The molecule has 10 heteroatoms. The topological polar surface area (TPSA) is 85.8 Å². The first kappa shape index (κ1) is 21.2. The molecule has 0 fully saturated rings. The molecule has 1 amide bonds. The van der Waals surface area contributed by atoms with Crippen molar-refractivity contribution in [2.75, 3.05) is 19.4 Å². The van der Waals surface area contributed by atoms with Crippen LogP contribution in [0.3, 0.4) is 0 Å². The van der Waals surface area contributed by atoms with Gasteiger partial charge in [0.1, 0.15) is 11.3 Å². The molecule has 0 radical (unpaired) electrons. The Labute approximate surface area is 186 Å². The van der Waals surface area contributed by atoms with Gasteiger partial charge in [0, 0.05) is 12.6 Å². The van der Waals surface area contributed by atoms with Gasteiger partial charge in [0.05, 0.1) is 47.9 Å². The van der Waals surface area contributed by atoms with Crippen molar-refractivity contribution < 1.29 is 22.7 Å². The first-order chi connectivity index (χ1) is 15.6. The van der Waals surface area contributed by atoms with Gasteiger partial charge in [-0.05, 0) is 48.4 Å². The van der Waals surface area contributed by atoms with E-state index in [1.165, 1.54) is 11.0 Å². The fraction of sp³-hybridized carbons (Fsp3) is 0.261. The van der Waals surface area contributed by atoms with Gasteiger partial charge in [0.2, 0.25) is 0 Å². The van der Waals surface area contributed by atoms with Crippen molar-refractivity contribution in [3.8, 4) is 0 Å². The van der Waals surface area contributed by atoms with Crippen molar-refractivity contribution in [1.29, 1.82) is 0 Å². The SMILES string of the molecule is C[C@H]1OCC(N(C)C(=O)c2ccc3nc(N)c4cncn4c3c2)c2ccc(C(F)(F)F)cc21. The van der Waals surface area contributed by atoms with Crippen molar-refractivity contribution in [2.24, 2.45) is 0 Å². The van der Waals surface area contributed by atoms with Crippen LogP contribution in [0.4, 0.5) is 19.0 Å². The zero-order valence-corrected chi connectivity index (χ0v) is 17.8. The van der Waals surface area contributed by atoms with Gasteiger partial charge in [-0.3, -0.25) is 9.20 Å². The molecule has 0 aliphatic carbocycles. The van der Waals surface area contributed by atoms with Crippen molar-refractivity contribution in [3.05, 3.63) is 71.2 Å². The Balaban J connectivity index is 1.52. The number of nitrogen functional groups attached to an aromatic ring is 1. The molecule has 2 N–H and O–H groups in total. The summed E-state index contributed by atoms with van der Waals surface area (Å²) in [5.41, 5.74) is 8.61. The van der Waals surface area contributed by atoms with Crippen molar-refractivity contribution in [2.45, 2.75) is 25.2 Å². The molecule has 2 atom stereocenters. The average Bonchev–Trinajstić information content (AvgIpc) is 3.29. The normalized spacial score (nSPS) is 18.5. The standard InChI is InChI=1S/C23H20F3N5O2/c1-12-16-8-14(23(24,25)26)4-5-15(16)20(10-33-12)30(2)22(32)13-3-6-17-18(7-13)31-11-28-9-19(31)21(27)29-17/h3-9,11-12,20H,10H2,1-2H3,(H2,27,29)/t12-,20?/m1/s1. The predicted molar refractivity (Wildman–Crippen MR) is 116 cm³/mol. The number of hydrogen-bond donors (Lipinski definition) is 1. The van der Waals surface area contributed by atoms with E-state index in [4.69, 9.17) is 10.5 Å². The highest BCUT2D eigenvalue weighted by atomic mass is 19.4. The number of nitrogens with two attached hydrogens (primary N) is 1. The highest BCUT2D eigenvalue weighted by Crippen LogP contribution is 2.39. The van der Waals surface area contributed by atoms with E-state index in [0.29, 0.717) is 39.1 Å². The number of amides is 1. The predicted octanol–water partition coefficient (Wildman–Crippen LogP) is 4.39. The van der Waals surface area contributed by atoms with Crippen molar-refractivity contribution in [3.63, 3.8) is 0 Å². The second-order valence-electron chi connectivity index (χ2n) is 8.10. The lowest BCUT2D eigenvalue weighted by Gasteiger charge is -2.36. The number of carbonyl (C=O) groups excluding carboxylic acids is 1. The summed E-state index contributed by atoms with van der Waals surface area (Å²) in [5.74, 6) is 0.0375. The lowest BCUT2D eigenvalue weighted by molar-refractivity contribution is -0.137. The van der Waals surface area contributed by atoms with E-state index >= 15 is 0 Å². The first-order valence-corrected chi connectivity index (χ1v) is 10.3. The second kappa shape index (κ2) is 7.45. The zero-order chi connectivity index (χ0) is 23.5. The minimum Gasteiger partial charge on any atom is -0.382 e. The summed E-state index contributed by atoms with van der Waals surface area (Å²) in [6.07, 6.45) is -1.77. The molecule has 2 aromatic carbocycles. The van der Waals surface area contributed by atoms with Crippen LogP contribution in [0.25, 0.3) is 16.6 Å². The molecule has 7 nitrogen and oxygen atoms in total. The summed E-state index contributed by atoms with van der Waals surface area (Å²) < 4.78 is 47.1. The van der Waals surface area contributed by atoms with Crippen LogP contribution in [0, 0.1) is 0 Å². The number of hydrogen-bond acceptors (Lipinski definition) is 5. The monoisotopic (exact) mass is 455 g/mol. The van der Waals surface area contributed by atoms with E-state index < -0.39 is 23.9 Å². The van der Waals surface area contributed by atoms with E-state index in [9.17, 15) is 18.0 Å². The molecule has 33 heavy (non-hydrogen) atoms. The summed E-state index contributed by atoms with van der Waals surface area (Å²) in [6.45, 7) is 1.88. The lowest BCUT2D eigenvalue weighted by atomic mass is 9.91. The zero-order valence-electron chi connectivity index (χ0n) is 17.8. The first-order valence-electron chi connectivity index (χ1n) is 10.3. The Morgan fingerprint density at radius 2 is 1.97 bits per heavy atom. The molecule has 1 unspecified atom stereocenters. The third-order valence-electron chi connectivity index (χ3n) is 6.13. The van der Waals surface area contributed by atoms with Gasteiger partial charge in [0.25, 0.3) is 5.91 Å². The molecule has 2 aromatic heterocycles. The van der Waals surface area contributed by atoms with Crippen LogP contribution in [0.2, 0.25) is 0 Å². The van der Waals surface area contributed by atoms with Gasteiger partial charge < -0.3 is 15.4 Å². The number of aromatic nitrogens is 3. The van der Waals surface area contributed by atoms with E-state index in [2.05, 4.69) is 9.97 Å². The Bertz CT molecular complexity index is 1400. The molecule has 0 saturated heterocycles. The summed E-state index contributed by atoms with van der Waals surface area (Å²) in [5, 5.41) is 0. The van der Waals surface area contributed by atoms with Gasteiger partial charge in [-0.2, -0.15) is 13.2 Å². The number of fused-ring (bicyclic) bond motifs is 4. The second-order valence-corrected chi connectivity index (χ2v) is 8.10. The fourth-order valence-electron chi connectivity index (χ4n) is 4.29. The van der Waals surface area contributed by atoms with Gasteiger partial charge in [-0.15, -0.1) is 0 Å². The maximum Gasteiger partial charge on any atom is 0.416 e. The molecule has 1 aliphatic heterocycles. The van der Waals surface area contributed by atoms with E-state index in [0.717, 1.165) is 12.1 Å². The Kier molecular flexibility index (Phi) is 4.78. The Hall–Kier alpha value is -3.66. The van der Waals surface area contributed by atoms with Crippen LogP contribution in [-0.2, 0) is 10.9 Å². The molecule has 5 rings (SSSR count). The minimum atomic E-state index is -4.45. The minimum absolute atomic E-state index is 0.180. The molecule has 4 aromatic rings. The van der Waals surface area contributed by atoms with Gasteiger partial charge >= 0.3 is 6.18 Å². The van der Waals surface area contributed by atoms with Crippen LogP contribution < -0.4 is 5.73 Å². The number of nitrogens with zero attached hydrogens (tertiary/aromatic N) is 4. The average molecular weight is 455 g/mol. The molecule has 3 heterocycles. The summed E-state index contributed by atoms with van der Waals surface area (Å²) in [7, 11) is 1.62. The number of halogens is 3. The fourth-order valence-corrected chi connectivity index (χ4v) is 4.29. The lowest BCUT2D eigenvalue weighted by Crippen LogP contribution is -2.37. The number of anilines is 1. The van der Waals surface area contributed by atoms with Crippen molar-refractivity contribution in [1.82, 2.24) is 19.3 Å². The third-order valence-corrected chi connectivity index (χ3v) is 6.13. The molecular weight excluding hydrogens is 435 g/mol. The van der Waals surface area contributed by atoms with Gasteiger partial charge in [-0.1, -0.05) is 6.07 Å². The van der Waals surface area contributed by atoms with E-state index in [1.807, 2.05) is 0 Å². The maximum absolute atomic E-state index is 13.4. The Morgan fingerprint density at radius 3 is 2.73 bits per heavy atom. The van der Waals surface area contributed by atoms with Crippen molar-refractivity contribution >= 4 is 28.3 Å². The molecule has 1 aliphatic rings. The number of rotatable bonds is 2. The molecular formula is C23H20F3N5O2. The third kappa shape index (κ3) is 3.46. The number of carbonyl (C=O) groups is 1.